The summed E-state index contributed by atoms with van der Waals surface area (Å²) in [4.78, 5) is 2.46. The highest BCUT2D eigenvalue weighted by Crippen LogP contribution is 2.24. The van der Waals surface area contributed by atoms with Crippen molar-refractivity contribution in [1.29, 1.82) is 0 Å². The number of ether oxygens (including phenoxy) is 2. The smallest absolute Gasteiger partial charge is 0.127 e. The standard InChI is InChI=1S/C16H28N2O2/c1-5-10-18(6-2)11-9-17-13-14-7-8-15(19-3)12-16(14)20-4/h7-8,12,17H,5-6,9-11,13H2,1-4H3. The number of nitrogens with zero attached hydrogens (tertiary/aromatic N) is 1. The fraction of sp³-hybridized carbons (Fsp3) is 0.625. The Hall–Kier alpha value is -1.26. The van der Waals surface area contributed by atoms with Gasteiger partial charge in [0.2, 0.25) is 0 Å². The highest BCUT2D eigenvalue weighted by atomic mass is 16.5. The summed E-state index contributed by atoms with van der Waals surface area (Å²) in [6, 6.07) is 5.94. The fourth-order valence-corrected chi connectivity index (χ4v) is 2.20. The van der Waals surface area contributed by atoms with Crippen molar-refractivity contribution in [1.82, 2.24) is 10.2 Å². The van der Waals surface area contributed by atoms with Gasteiger partial charge in [-0.1, -0.05) is 19.9 Å². The molecule has 0 unspecified atom stereocenters. The topological polar surface area (TPSA) is 33.7 Å². The number of hydrogen-bond acceptors (Lipinski definition) is 4. The number of nitrogens with one attached hydrogen (secondary N) is 1. The lowest BCUT2D eigenvalue weighted by Crippen LogP contribution is -2.32. The van der Waals surface area contributed by atoms with Crippen molar-refractivity contribution in [3.8, 4) is 11.5 Å². The number of likely N-dealkylation sites (N-methyl/N-ethyl adjacent to an activating group) is 1. The molecule has 0 aliphatic carbocycles. The maximum absolute atomic E-state index is 5.40. The Morgan fingerprint density at radius 1 is 1.10 bits per heavy atom. The van der Waals surface area contributed by atoms with E-state index in [1.54, 1.807) is 14.2 Å². The summed E-state index contributed by atoms with van der Waals surface area (Å²) in [5.74, 6) is 1.70. The molecule has 114 valence electrons. The van der Waals surface area contributed by atoms with E-state index in [0.29, 0.717) is 0 Å². The van der Waals surface area contributed by atoms with E-state index in [1.165, 1.54) is 13.0 Å². The van der Waals surface area contributed by atoms with Crippen molar-refractivity contribution >= 4 is 0 Å². The second kappa shape index (κ2) is 9.61. The molecule has 4 nitrogen and oxygen atoms in total. The molecule has 0 aromatic heterocycles. The van der Waals surface area contributed by atoms with Crippen molar-refractivity contribution in [2.45, 2.75) is 26.8 Å². The molecular weight excluding hydrogens is 252 g/mol. The number of benzene rings is 1. The van der Waals surface area contributed by atoms with Crippen LogP contribution >= 0.6 is 0 Å². The van der Waals surface area contributed by atoms with Gasteiger partial charge in [0.05, 0.1) is 14.2 Å². The maximum atomic E-state index is 5.40. The van der Waals surface area contributed by atoms with Gasteiger partial charge in [0.1, 0.15) is 11.5 Å². The molecule has 1 N–H and O–H groups in total. The maximum Gasteiger partial charge on any atom is 0.127 e. The van der Waals surface area contributed by atoms with Crippen LogP contribution in [-0.2, 0) is 6.54 Å². The van der Waals surface area contributed by atoms with Crippen LogP contribution < -0.4 is 14.8 Å². The molecule has 0 aliphatic heterocycles. The predicted molar refractivity (Wildman–Crippen MR) is 83.7 cm³/mol. The first kappa shape index (κ1) is 16.8. The Morgan fingerprint density at radius 2 is 1.90 bits per heavy atom. The third-order valence-corrected chi connectivity index (χ3v) is 3.40. The zero-order valence-corrected chi connectivity index (χ0v) is 13.2. The molecule has 1 rings (SSSR count). The van der Waals surface area contributed by atoms with Crippen LogP contribution in [0.2, 0.25) is 0 Å². The van der Waals surface area contributed by atoms with E-state index >= 15 is 0 Å². The molecule has 4 heteroatoms. The predicted octanol–water partition coefficient (Wildman–Crippen LogP) is 2.53. The summed E-state index contributed by atoms with van der Waals surface area (Å²) < 4.78 is 10.6. The zero-order valence-electron chi connectivity index (χ0n) is 13.2. The van der Waals surface area contributed by atoms with Gasteiger partial charge in [-0.25, -0.2) is 0 Å². The summed E-state index contributed by atoms with van der Waals surface area (Å²) in [7, 11) is 3.36. The molecule has 20 heavy (non-hydrogen) atoms. The molecule has 0 bridgehead atoms. The summed E-state index contributed by atoms with van der Waals surface area (Å²) in [5.41, 5.74) is 1.16. The average Bonchev–Trinajstić information content (AvgIpc) is 2.50. The van der Waals surface area contributed by atoms with Crippen LogP contribution in [0.5, 0.6) is 11.5 Å². The van der Waals surface area contributed by atoms with Gasteiger partial charge in [-0.15, -0.1) is 0 Å². The molecule has 0 spiro atoms. The molecule has 0 saturated carbocycles. The van der Waals surface area contributed by atoms with Crippen LogP contribution in [0.1, 0.15) is 25.8 Å². The Morgan fingerprint density at radius 3 is 2.50 bits per heavy atom. The van der Waals surface area contributed by atoms with Crippen LogP contribution in [0.25, 0.3) is 0 Å². The molecule has 0 saturated heterocycles. The average molecular weight is 280 g/mol. The normalized spacial score (nSPS) is 10.8. The van der Waals surface area contributed by atoms with Crippen molar-refractivity contribution in [3.05, 3.63) is 23.8 Å². The number of methoxy groups -OCH3 is 2. The van der Waals surface area contributed by atoms with Crippen LogP contribution in [-0.4, -0.2) is 45.3 Å². The van der Waals surface area contributed by atoms with E-state index in [9.17, 15) is 0 Å². The van der Waals surface area contributed by atoms with Crippen molar-refractivity contribution < 1.29 is 9.47 Å². The quantitative estimate of drug-likeness (QED) is 0.668. The number of hydrogen-bond donors (Lipinski definition) is 1. The van der Waals surface area contributed by atoms with Gasteiger partial charge in [0.15, 0.2) is 0 Å². The van der Waals surface area contributed by atoms with Crippen LogP contribution in [0, 0.1) is 0 Å². The van der Waals surface area contributed by atoms with Gasteiger partial charge in [-0.05, 0) is 25.6 Å². The first-order valence-electron chi connectivity index (χ1n) is 7.39. The molecular formula is C16H28N2O2. The van der Waals surface area contributed by atoms with E-state index in [2.05, 4.69) is 24.1 Å². The fourth-order valence-electron chi connectivity index (χ4n) is 2.20. The van der Waals surface area contributed by atoms with E-state index in [4.69, 9.17) is 9.47 Å². The molecule has 1 aromatic rings. The van der Waals surface area contributed by atoms with E-state index in [1.807, 2.05) is 18.2 Å². The van der Waals surface area contributed by atoms with E-state index in [0.717, 1.165) is 43.2 Å². The molecule has 1 aromatic carbocycles. The number of rotatable bonds is 10. The Labute approximate surface area is 123 Å². The van der Waals surface area contributed by atoms with Crippen molar-refractivity contribution in [3.63, 3.8) is 0 Å². The minimum absolute atomic E-state index is 0.816. The van der Waals surface area contributed by atoms with Gasteiger partial charge in [0.25, 0.3) is 0 Å². The van der Waals surface area contributed by atoms with E-state index in [-0.39, 0.29) is 0 Å². The SMILES string of the molecule is CCCN(CC)CCNCc1ccc(OC)cc1OC. The molecule has 0 heterocycles. The molecule has 0 amide bonds. The second-order valence-corrected chi connectivity index (χ2v) is 4.79. The van der Waals surface area contributed by atoms with Gasteiger partial charge in [0, 0.05) is 31.3 Å². The highest BCUT2D eigenvalue weighted by molar-refractivity contribution is 5.40. The van der Waals surface area contributed by atoms with Crippen LogP contribution in [0.15, 0.2) is 18.2 Å². The van der Waals surface area contributed by atoms with Gasteiger partial charge < -0.3 is 19.7 Å². The lowest BCUT2D eigenvalue weighted by atomic mass is 10.2. The summed E-state index contributed by atoms with van der Waals surface area (Å²) in [6.45, 7) is 9.61. The minimum Gasteiger partial charge on any atom is -0.497 e. The largest absolute Gasteiger partial charge is 0.497 e. The molecule has 0 aliphatic rings. The zero-order chi connectivity index (χ0) is 14.8. The summed E-state index contributed by atoms with van der Waals surface area (Å²) in [5, 5.41) is 3.47. The second-order valence-electron chi connectivity index (χ2n) is 4.79. The third-order valence-electron chi connectivity index (χ3n) is 3.40. The Kier molecular flexibility index (Phi) is 8.07. The first-order valence-corrected chi connectivity index (χ1v) is 7.39. The lowest BCUT2D eigenvalue weighted by Gasteiger charge is -2.19. The van der Waals surface area contributed by atoms with Crippen molar-refractivity contribution in [2.75, 3.05) is 40.4 Å². The Bertz CT molecular complexity index is 383. The van der Waals surface area contributed by atoms with Gasteiger partial charge in [-0.3, -0.25) is 0 Å². The van der Waals surface area contributed by atoms with Gasteiger partial charge in [-0.2, -0.15) is 0 Å². The summed E-state index contributed by atoms with van der Waals surface area (Å²) >= 11 is 0. The summed E-state index contributed by atoms with van der Waals surface area (Å²) in [6.07, 6.45) is 1.21. The highest BCUT2D eigenvalue weighted by Gasteiger charge is 2.05. The molecule has 0 fully saturated rings. The minimum atomic E-state index is 0.816. The third kappa shape index (κ3) is 5.39. The van der Waals surface area contributed by atoms with Crippen LogP contribution in [0.4, 0.5) is 0 Å². The van der Waals surface area contributed by atoms with E-state index < -0.39 is 0 Å². The van der Waals surface area contributed by atoms with Crippen molar-refractivity contribution in [2.24, 2.45) is 0 Å². The monoisotopic (exact) mass is 280 g/mol. The van der Waals surface area contributed by atoms with Gasteiger partial charge >= 0.3 is 0 Å². The van der Waals surface area contributed by atoms with Crippen LogP contribution in [0.3, 0.4) is 0 Å². The first-order chi connectivity index (χ1) is 9.74. The Balaban J connectivity index is 2.41. The molecule has 0 radical (unpaired) electrons. The lowest BCUT2D eigenvalue weighted by molar-refractivity contribution is 0.287. The molecule has 0 atom stereocenters.